The van der Waals surface area contributed by atoms with E-state index in [1.165, 1.54) is 0 Å². The number of carbonyl (C=O) groups excluding carboxylic acids is 2. The average molecular weight is 380 g/mol. The molecule has 0 aliphatic heterocycles. The Morgan fingerprint density at radius 1 is 1.39 bits per heavy atom. The van der Waals surface area contributed by atoms with Crippen LogP contribution in [0.4, 0.5) is 0 Å². The van der Waals surface area contributed by atoms with Crippen LogP contribution in [0.15, 0.2) is 42.3 Å². The molecule has 2 aromatic rings. The fourth-order valence-corrected chi connectivity index (χ4v) is 5.08. The van der Waals surface area contributed by atoms with Crippen LogP contribution >= 0.6 is 0 Å². The van der Waals surface area contributed by atoms with Crippen LogP contribution in [-0.2, 0) is 21.4 Å². The summed E-state index contributed by atoms with van der Waals surface area (Å²) < 4.78 is 5.09. The van der Waals surface area contributed by atoms with Crippen molar-refractivity contribution in [2.24, 2.45) is 11.8 Å². The van der Waals surface area contributed by atoms with Crippen molar-refractivity contribution in [3.05, 3.63) is 64.7 Å². The van der Waals surface area contributed by atoms with Crippen molar-refractivity contribution >= 4 is 11.8 Å². The number of aromatic nitrogens is 2. The van der Waals surface area contributed by atoms with Crippen LogP contribution in [0.1, 0.15) is 53.9 Å². The van der Waals surface area contributed by atoms with E-state index in [0.717, 1.165) is 35.9 Å². The van der Waals surface area contributed by atoms with Crippen LogP contribution < -0.4 is 0 Å². The predicted octanol–water partition coefficient (Wildman–Crippen LogP) is 3.49. The van der Waals surface area contributed by atoms with Crippen molar-refractivity contribution in [2.45, 2.75) is 38.5 Å². The molecule has 1 saturated carbocycles. The zero-order valence-electron chi connectivity index (χ0n) is 16.1. The van der Waals surface area contributed by atoms with Crippen molar-refractivity contribution in [1.29, 1.82) is 0 Å². The molecule has 0 saturated heterocycles. The van der Waals surface area contributed by atoms with Crippen LogP contribution in [0.3, 0.4) is 0 Å². The molecule has 1 aromatic heterocycles. The van der Waals surface area contributed by atoms with Gasteiger partial charge >= 0.3 is 5.97 Å². The van der Waals surface area contributed by atoms with Gasteiger partial charge in [-0.05, 0) is 55.4 Å². The quantitative estimate of drug-likeness (QED) is 0.483. The van der Waals surface area contributed by atoms with Crippen molar-refractivity contribution in [1.82, 2.24) is 10.2 Å². The van der Waals surface area contributed by atoms with E-state index in [1.54, 1.807) is 19.1 Å². The van der Waals surface area contributed by atoms with Crippen LogP contribution in [0.2, 0.25) is 0 Å². The molecule has 4 rings (SSSR count). The van der Waals surface area contributed by atoms with Gasteiger partial charge in [-0.25, -0.2) is 4.79 Å². The van der Waals surface area contributed by atoms with E-state index < -0.39 is 5.41 Å². The van der Waals surface area contributed by atoms with E-state index >= 15 is 0 Å². The first-order valence-electron chi connectivity index (χ1n) is 9.70. The molecule has 6 nitrogen and oxygen atoms in total. The summed E-state index contributed by atoms with van der Waals surface area (Å²) >= 11 is 0. The Morgan fingerprint density at radius 2 is 2.14 bits per heavy atom. The third-order valence-corrected chi connectivity index (χ3v) is 6.39. The fraction of sp³-hybridized carbons (Fsp3) is 0.409. The minimum Gasteiger partial charge on any atom is -0.515 e. The van der Waals surface area contributed by atoms with E-state index in [9.17, 15) is 14.7 Å². The molecule has 1 fully saturated rings. The molecule has 2 aliphatic rings. The third kappa shape index (κ3) is 2.58. The van der Waals surface area contributed by atoms with E-state index in [2.05, 4.69) is 10.2 Å². The monoisotopic (exact) mass is 380 g/mol. The molecule has 0 bridgehead atoms. The maximum atomic E-state index is 12.7. The first kappa shape index (κ1) is 18.5. The molecule has 2 aliphatic carbocycles. The fourth-order valence-electron chi connectivity index (χ4n) is 5.08. The summed E-state index contributed by atoms with van der Waals surface area (Å²) in [7, 11) is 0. The Bertz CT molecular complexity index is 944. The number of hydrogen-bond acceptors (Lipinski definition) is 5. The van der Waals surface area contributed by atoms with E-state index in [-0.39, 0.29) is 23.6 Å². The molecule has 146 valence electrons. The first-order valence-corrected chi connectivity index (χ1v) is 9.70. The van der Waals surface area contributed by atoms with Gasteiger partial charge in [-0.3, -0.25) is 9.89 Å². The minimum atomic E-state index is -0.487. The maximum Gasteiger partial charge on any atom is 0.338 e. The number of aliphatic hydroxyl groups is 1. The number of aromatic amines is 1. The van der Waals surface area contributed by atoms with Gasteiger partial charge in [-0.2, -0.15) is 5.10 Å². The second-order valence-corrected chi connectivity index (χ2v) is 7.67. The number of esters is 1. The van der Waals surface area contributed by atoms with Crippen LogP contribution in [0.25, 0.3) is 0 Å². The highest BCUT2D eigenvalue weighted by molar-refractivity contribution is 5.98. The van der Waals surface area contributed by atoms with Gasteiger partial charge in [0.05, 0.1) is 24.6 Å². The second-order valence-electron chi connectivity index (χ2n) is 7.67. The number of ketones is 1. The number of Topliss-reactive ketones (excluding diaryl/α,β-unsaturated/α-hetero) is 1. The van der Waals surface area contributed by atoms with Gasteiger partial charge in [0.1, 0.15) is 0 Å². The average Bonchev–Trinajstić information content (AvgIpc) is 3.20. The summed E-state index contributed by atoms with van der Waals surface area (Å²) in [6, 6.07) is 7.42. The normalized spacial score (nSPS) is 27.9. The molecule has 1 heterocycles. The van der Waals surface area contributed by atoms with Crippen molar-refractivity contribution in [2.75, 3.05) is 6.61 Å². The maximum absolute atomic E-state index is 12.7. The molecule has 2 N–H and O–H groups in total. The van der Waals surface area contributed by atoms with Gasteiger partial charge in [-0.1, -0.05) is 19.1 Å². The number of carbonyl (C=O) groups is 2. The van der Waals surface area contributed by atoms with Gasteiger partial charge < -0.3 is 9.84 Å². The molecular weight excluding hydrogens is 356 g/mol. The molecule has 3 atom stereocenters. The molecule has 0 radical (unpaired) electrons. The Labute approximate surface area is 163 Å². The SMILES string of the molecule is CCOC(=O)c1ccc([C@]23CC(=CO)C(=O)[C@@H](C)[C@@H]2CCc2cn[nH]c23)cc1. The Hall–Kier alpha value is -2.89. The number of hydrogen-bond donors (Lipinski definition) is 2. The zero-order valence-corrected chi connectivity index (χ0v) is 16.1. The number of rotatable bonds is 3. The highest BCUT2D eigenvalue weighted by Gasteiger charge is 2.54. The van der Waals surface area contributed by atoms with Crippen molar-refractivity contribution in [3.63, 3.8) is 0 Å². The van der Waals surface area contributed by atoms with E-state index in [0.29, 0.717) is 24.2 Å². The first-order chi connectivity index (χ1) is 13.5. The number of ether oxygens (including phenoxy) is 1. The minimum absolute atomic E-state index is 0.00855. The summed E-state index contributed by atoms with van der Waals surface area (Å²) in [5, 5.41) is 17.2. The van der Waals surface area contributed by atoms with Crippen LogP contribution in [0, 0.1) is 11.8 Å². The summed E-state index contributed by atoms with van der Waals surface area (Å²) in [4.78, 5) is 24.8. The van der Waals surface area contributed by atoms with E-state index in [1.807, 2.05) is 25.3 Å². The van der Waals surface area contributed by atoms with Crippen molar-refractivity contribution in [3.8, 4) is 0 Å². The predicted molar refractivity (Wildman–Crippen MR) is 103 cm³/mol. The number of nitrogens with zero attached hydrogens (tertiary/aromatic N) is 1. The molecule has 28 heavy (non-hydrogen) atoms. The molecular formula is C22H24N2O4. The van der Waals surface area contributed by atoms with Gasteiger partial charge in [0.25, 0.3) is 0 Å². The second kappa shape index (κ2) is 6.93. The number of fused-ring (bicyclic) bond motifs is 3. The van der Waals surface area contributed by atoms with Crippen LogP contribution in [0.5, 0.6) is 0 Å². The van der Waals surface area contributed by atoms with Gasteiger partial charge in [0.2, 0.25) is 0 Å². The van der Waals surface area contributed by atoms with Gasteiger partial charge in [0, 0.05) is 22.6 Å². The van der Waals surface area contributed by atoms with Crippen molar-refractivity contribution < 1.29 is 19.4 Å². The van der Waals surface area contributed by atoms with Crippen LogP contribution in [-0.4, -0.2) is 33.7 Å². The smallest absolute Gasteiger partial charge is 0.338 e. The number of aliphatic hydroxyl groups excluding tert-OH is 1. The lowest BCUT2D eigenvalue weighted by Crippen LogP contribution is -2.50. The standard InChI is InChI=1S/C22H24N2O4/c1-3-28-21(27)14-4-7-17(8-5-14)22-10-16(12-25)19(26)13(2)18(22)9-6-15-11-23-24-20(15)22/h4-5,7-8,11-13,18,25H,3,6,9-10H2,1-2H3,(H,23,24)/t13-,18-,22+/m0/s1. The largest absolute Gasteiger partial charge is 0.515 e. The highest BCUT2D eigenvalue weighted by Crippen LogP contribution is 2.55. The molecule has 6 heteroatoms. The number of allylic oxidation sites excluding steroid dienone is 1. The lowest BCUT2D eigenvalue weighted by Gasteiger charge is -2.50. The topological polar surface area (TPSA) is 92.3 Å². The number of benzene rings is 1. The third-order valence-electron chi connectivity index (χ3n) is 6.39. The molecule has 0 spiro atoms. The lowest BCUT2D eigenvalue weighted by molar-refractivity contribution is -0.123. The summed E-state index contributed by atoms with van der Waals surface area (Å²) in [5.41, 5.74) is 3.60. The highest BCUT2D eigenvalue weighted by atomic mass is 16.5. The lowest BCUT2D eigenvalue weighted by atomic mass is 9.52. The number of H-pyrrole nitrogens is 1. The Morgan fingerprint density at radius 3 is 2.82 bits per heavy atom. The zero-order chi connectivity index (χ0) is 19.9. The molecule has 0 unspecified atom stereocenters. The Kier molecular flexibility index (Phi) is 4.57. The van der Waals surface area contributed by atoms with Gasteiger partial charge in [0.15, 0.2) is 5.78 Å². The van der Waals surface area contributed by atoms with Gasteiger partial charge in [-0.15, -0.1) is 0 Å². The van der Waals surface area contributed by atoms with E-state index in [4.69, 9.17) is 4.74 Å². The summed E-state index contributed by atoms with van der Waals surface area (Å²) in [6.07, 6.45) is 4.95. The molecule has 1 aromatic carbocycles. The summed E-state index contributed by atoms with van der Waals surface area (Å²) in [5.74, 6) is -0.468. The number of nitrogens with one attached hydrogen (secondary N) is 1. The molecule has 0 amide bonds. The summed E-state index contributed by atoms with van der Waals surface area (Å²) in [6.45, 7) is 4.05. The number of aryl methyl sites for hydroxylation is 1. The Balaban J connectivity index is 1.86.